The van der Waals surface area contributed by atoms with Crippen LogP contribution in [0, 0.1) is 0 Å². The Morgan fingerprint density at radius 3 is 2.93 bits per heavy atom. The Bertz CT molecular complexity index is 353. The fraction of sp³-hybridized carbons (Fsp3) is 0.308. The van der Waals surface area contributed by atoms with Gasteiger partial charge in [-0.1, -0.05) is 31.2 Å². The van der Waals surface area contributed by atoms with Crippen LogP contribution in [0.1, 0.15) is 30.6 Å². The third kappa shape index (κ3) is 3.58. The van der Waals surface area contributed by atoms with Gasteiger partial charge in [-0.25, -0.2) is 0 Å². The second kappa shape index (κ2) is 6.02. The molecule has 0 saturated carbocycles. The molecule has 1 aromatic rings. The Kier molecular flexibility index (Phi) is 4.61. The highest BCUT2D eigenvalue weighted by Crippen LogP contribution is 2.14. The number of ketones is 1. The molecule has 0 N–H and O–H groups in total. The highest BCUT2D eigenvalue weighted by molar-refractivity contribution is 5.96. The van der Waals surface area contributed by atoms with E-state index in [4.69, 9.17) is 4.74 Å². The third-order valence-electron chi connectivity index (χ3n) is 2.06. The van der Waals surface area contributed by atoms with Crippen LogP contribution in [-0.2, 0) is 0 Å². The van der Waals surface area contributed by atoms with Gasteiger partial charge in [0, 0.05) is 12.0 Å². The molecule has 0 fully saturated rings. The van der Waals surface area contributed by atoms with Crippen molar-refractivity contribution in [3.63, 3.8) is 0 Å². The molecule has 0 atom stereocenters. The molecule has 0 unspecified atom stereocenters. The van der Waals surface area contributed by atoms with E-state index in [1.54, 1.807) is 6.07 Å². The van der Waals surface area contributed by atoms with Crippen molar-refractivity contribution in [3.05, 3.63) is 42.0 Å². The number of carbonyl (C=O) groups is 1. The average Bonchev–Trinajstić information content (AvgIpc) is 2.29. The van der Waals surface area contributed by atoms with Crippen molar-refractivity contribution in [1.82, 2.24) is 0 Å². The van der Waals surface area contributed by atoms with Gasteiger partial charge in [0.25, 0.3) is 0 Å². The molecule has 0 aliphatic rings. The number of allylic oxidation sites excluding steroid dienone is 1. The minimum atomic E-state index is 0.145. The van der Waals surface area contributed by atoms with Gasteiger partial charge in [-0.3, -0.25) is 4.79 Å². The van der Waals surface area contributed by atoms with Gasteiger partial charge in [-0.15, -0.1) is 0 Å². The summed E-state index contributed by atoms with van der Waals surface area (Å²) in [5, 5.41) is 0. The fourth-order valence-corrected chi connectivity index (χ4v) is 1.20. The number of Topliss-reactive ketones (excluding diaryl/α,β-unsaturated/α-hetero) is 1. The molecule has 0 bridgehead atoms. The van der Waals surface area contributed by atoms with E-state index in [-0.39, 0.29) is 5.78 Å². The second-order valence-electron chi connectivity index (χ2n) is 3.18. The van der Waals surface area contributed by atoms with Crippen molar-refractivity contribution in [2.45, 2.75) is 20.3 Å². The van der Waals surface area contributed by atoms with E-state index in [0.29, 0.717) is 13.0 Å². The Morgan fingerprint density at radius 2 is 2.27 bits per heavy atom. The molecular weight excluding hydrogens is 188 g/mol. The van der Waals surface area contributed by atoms with Crippen LogP contribution in [-0.4, -0.2) is 12.4 Å². The van der Waals surface area contributed by atoms with Crippen LogP contribution in [0.15, 0.2) is 36.4 Å². The zero-order valence-corrected chi connectivity index (χ0v) is 9.19. The smallest absolute Gasteiger partial charge is 0.162 e. The van der Waals surface area contributed by atoms with Crippen LogP contribution in [0.4, 0.5) is 0 Å². The van der Waals surface area contributed by atoms with E-state index in [9.17, 15) is 4.79 Å². The molecule has 0 radical (unpaired) electrons. The molecule has 0 saturated heterocycles. The molecule has 2 nitrogen and oxygen atoms in total. The van der Waals surface area contributed by atoms with Crippen LogP contribution in [0.3, 0.4) is 0 Å². The van der Waals surface area contributed by atoms with Crippen LogP contribution >= 0.6 is 0 Å². The molecule has 1 rings (SSSR count). The fourth-order valence-electron chi connectivity index (χ4n) is 1.20. The lowest BCUT2D eigenvalue weighted by Gasteiger charge is -2.04. The number of hydrogen-bond donors (Lipinski definition) is 0. The zero-order chi connectivity index (χ0) is 11.1. The molecular formula is C13H16O2. The molecule has 0 aromatic heterocycles. The summed E-state index contributed by atoms with van der Waals surface area (Å²) in [7, 11) is 0. The highest BCUT2D eigenvalue weighted by atomic mass is 16.5. The van der Waals surface area contributed by atoms with E-state index < -0.39 is 0 Å². The first-order chi connectivity index (χ1) is 7.27. The van der Waals surface area contributed by atoms with E-state index in [1.807, 2.05) is 44.2 Å². The molecule has 15 heavy (non-hydrogen) atoms. The van der Waals surface area contributed by atoms with Gasteiger partial charge in [0.15, 0.2) is 5.78 Å². The molecule has 0 amide bonds. The first-order valence-electron chi connectivity index (χ1n) is 5.15. The maximum atomic E-state index is 11.4. The van der Waals surface area contributed by atoms with Gasteiger partial charge >= 0.3 is 0 Å². The SMILES string of the molecule is C/C=C/COc1cccc(C(=O)CC)c1. The molecule has 0 spiro atoms. The summed E-state index contributed by atoms with van der Waals surface area (Å²) in [6, 6.07) is 7.30. The molecule has 0 aliphatic carbocycles. The standard InChI is InChI=1S/C13H16O2/c1-3-5-9-15-12-8-6-7-11(10-12)13(14)4-2/h3,5-8,10H,4,9H2,1-2H3/b5-3+. The van der Waals surface area contributed by atoms with E-state index in [1.165, 1.54) is 0 Å². The minimum Gasteiger partial charge on any atom is -0.490 e. The summed E-state index contributed by atoms with van der Waals surface area (Å²) in [5.41, 5.74) is 0.718. The molecule has 2 heteroatoms. The van der Waals surface area contributed by atoms with Gasteiger partial charge in [0.1, 0.15) is 12.4 Å². The Labute approximate surface area is 90.6 Å². The van der Waals surface area contributed by atoms with Gasteiger partial charge in [0.2, 0.25) is 0 Å². The summed E-state index contributed by atoms with van der Waals surface area (Å²) in [5.74, 6) is 0.888. The summed E-state index contributed by atoms with van der Waals surface area (Å²) >= 11 is 0. The number of ether oxygens (including phenoxy) is 1. The van der Waals surface area contributed by atoms with Crippen LogP contribution in [0.25, 0.3) is 0 Å². The topological polar surface area (TPSA) is 26.3 Å². The first kappa shape index (κ1) is 11.5. The summed E-state index contributed by atoms with van der Waals surface area (Å²) < 4.78 is 5.44. The van der Waals surface area contributed by atoms with Crippen LogP contribution < -0.4 is 4.74 Å². The third-order valence-corrected chi connectivity index (χ3v) is 2.06. The quantitative estimate of drug-likeness (QED) is 0.543. The Balaban J connectivity index is 2.69. The van der Waals surface area contributed by atoms with Crippen LogP contribution in [0.2, 0.25) is 0 Å². The normalized spacial score (nSPS) is 10.5. The van der Waals surface area contributed by atoms with Crippen LogP contribution in [0.5, 0.6) is 5.75 Å². The van der Waals surface area contributed by atoms with E-state index in [2.05, 4.69) is 0 Å². The summed E-state index contributed by atoms with van der Waals surface area (Å²) in [6.45, 7) is 4.34. The summed E-state index contributed by atoms with van der Waals surface area (Å²) in [6.07, 6.45) is 4.38. The molecule has 0 heterocycles. The number of benzene rings is 1. The highest BCUT2D eigenvalue weighted by Gasteiger charge is 2.03. The van der Waals surface area contributed by atoms with Crippen molar-refractivity contribution in [1.29, 1.82) is 0 Å². The number of rotatable bonds is 5. The number of hydrogen-bond acceptors (Lipinski definition) is 2. The van der Waals surface area contributed by atoms with E-state index in [0.717, 1.165) is 11.3 Å². The monoisotopic (exact) mass is 204 g/mol. The van der Waals surface area contributed by atoms with Crippen molar-refractivity contribution in [2.24, 2.45) is 0 Å². The van der Waals surface area contributed by atoms with Crippen molar-refractivity contribution in [2.75, 3.05) is 6.61 Å². The lowest BCUT2D eigenvalue weighted by molar-refractivity contribution is 0.0988. The Hall–Kier alpha value is -1.57. The zero-order valence-electron chi connectivity index (χ0n) is 9.19. The second-order valence-corrected chi connectivity index (χ2v) is 3.18. The van der Waals surface area contributed by atoms with Gasteiger partial charge in [0.05, 0.1) is 0 Å². The Morgan fingerprint density at radius 1 is 1.47 bits per heavy atom. The van der Waals surface area contributed by atoms with Gasteiger partial charge < -0.3 is 4.74 Å². The van der Waals surface area contributed by atoms with Gasteiger partial charge in [-0.05, 0) is 19.1 Å². The molecule has 1 aromatic carbocycles. The van der Waals surface area contributed by atoms with Crippen molar-refractivity contribution in [3.8, 4) is 5.75 Å². The number of carbonyl (C=O) groups excluding carboxylic acids is 1. The minimum absolute atomic E-state index is 0.145. The lowest BCUT2D eigenvalue weighted by atomic mass is 10.1. The average molecular weight is 204 g/mol. The predicted molar refractivity (Wildman–Crippen MR) is 61.4 cm³/mol. The van der Waals surface area contributed by atoms with Gasteiger partial charge in [-0.2, -0.15) is 0 Å². The maximum Gasteiger partial charge on any atom is 0.162 e. The predicted octanol–water partition coefficient (Wildman–Crippen LogP) is 3.23. The first-order valence-corrected chi connectivity index (χ1v) is 5.15. The van der Waals surface area contributed by atoms with Crippen molar-refractivity contribution >= 4 is 5.78 Å². The maximum absolute atomic E-state index is 11.4. The lowest BCUT2D eigenvalue weighted by Crippen LogP contribution is -1.98. The molecule has 80 valence electrons. The summed E-state index contributed by atoms with van der Waals surface area (Å²) in [4.78, 5) is 11.4. The molecule has 0 aliphatic heterocycles. The van der Waals surface area contributed by atoms with Crippen molar-refractivity contribution < 1.29 is 9.53 Å². The van der Waals surface area contributed by atoms with E-state index >= 15 is 0 Å². The largest absolute Gasteiger partial charge is 0.490 e.